The average Bonchev–Trinajstić information content (AvgIpc) is 2.48. The Labute approximate surface area is 128 Å². The summed E-state index contributed by atoms with van der Waals surface area (Å²) >= 11 is 0. The molecular formula is C18H30N2O+2. The molecule has 0 bridgehead atoms. The fourth-order valence-corrected chi connectivity index (χ4v) is 4.14. The van der Waals surface area contributed by atoms with Crippen molar-refractivity contribution < 1.29 is 14.5 Å². The highest BCUT2D eigenvalue weighted by atomic mass is 16.5. The third-order valence-corrected chi connectivity index (χ3v) is 5.13. The Balaban J connectivity index is 1.48. The maximum absolute atomic E-state index is 5.88. The first-order valence-electron chi connectivity index (χ1n) is 8.58. The third-order valence-electron chi connectivity index (χ3n) is 5.13. The number of quaternary nitrogens is 2. The van der Waals surface area contributed by atoms with Gasteiger partial charge in [0.2, 0.25) is 0 Å². The van der Waals surface area contributed by atoms with Crippen LogP contribution < -0.4 is 9.80 Å². The average molecular weight is 290 g/mol. The van der Waals surface area contributed by atoms with E-state index in [-0.39, 0.29) is 0 Å². The Hall–Kier alpha value is -0.900. The molecule has 3 rings (SSSR count). The van der Waals surface area contributed by atoms with E-state index in [1.165, 1.54) is 51.1 Å². The Morgan fingerprint density at radius 2 is 1.62 bits per heavy atom. The Bertz CT molecular complexity index is 418. The van der Waals surface area contributed by atoms with Crippen LogP contribution in [-0.2, 0) is 11.3 Å². The van der Waals surface area contributed by atoms with Crippen LogP contribution in [0.5, 0.6) is 0 Å². The van der Waals surface area contributed by atoms with E-state index in [0.717, 1.165) is 6.04 Å². The molecule has 2 saturated heterocycles. The van der Waals surface area contributed by atoms with Gasteiger partial charge in [0.15, 0.2) is 0 Å². The lowest BCUT2D eigenvalue weighted by Crippen LogP contribution is -3.22. The van der Waals surface area contributed by atoms with Crippen molar-refractivity contribution in [2.24, 2.45) is 0 Å². The molecule has 2 N–H and O–H groups in total. The first kappa shape index (κ1) is 15.0. The normalized spacial score (nSPS) is 37.3. The Morgan fingerprint density at radius 3 is 2.24 bits per heavy atom. The van der Waals surface area contributed by atoms with Gasteiger partial charge >= 0.3 is 0 Å². The highest BCUT2D eigenvalue weighted by Crippen LogP contribution is 2.04. The van der Waals surface area contributed by atoms with Crippen molar-refractivity contribution in [1.29, 1.82) is 0 Å². The van der Waals surface area contributed by atoms with Crippen molar-refractivity contribution in [2.45, 2.75) is 51.5 Å². The van der Waals surface area contributed by atoms with Gasteiger partial charge < -0.3 is 14.5 Å². The maximum Gasteiger partial charge on any atom is 0.104 e. The van der Waals surface area contributed by atoms with E-state index >= 15 is 0 Å². The highest BCUT2D eigenvalue weighted by Gasteiger charge is 2.34. The molecule has 1 aromatic carbocycles. The molecule has 2 aliphatic heterocycles. The molecule has 0 radical (unpaired) electrons. The van der Waals surface area contributed by atoms with E-state index in [1.54, 1.807) is 9.80 Å². The second-order valence-electron chi connectivity index (χ2n) is 7.01. The van der Waals surface area contributed by atoms with Crippen molar-refractivity contribution in [2.75, 3.05) is 26.2 Å². The van der Waals surface area contributed by atoms with Crippen LogP contribution >= 0.6 is 0 Å². The minimum atomic E-state index is 0.429. The lowest BCUT2D eigenvalue weighted by molar-refractivity contribution is -0.970. The standard InChI is InChI=1S/C18H28N2O/c1-15-12-20(13-16(2)21-15)18-8-10-19(11-9-18)14-17-6-4-3-5-7-17/h3-7,15-16,18H,8-14H2,1-2H3/p+2/t15-,16-/m0/s1. The number of morpholine rings is 1. The van der Waals surface area contributed by atoms with Gasteiger partial charge in [-0.25, -0.2) is 0 Å². The number of benzene rings is 1. The molecular weight excluding hydrogens is 260 g/mol. The molecule has 0 unspecified atom stereocenters. The van der Waals surface area contributed by atoms with Crippen LogP contribution in [-0.4, -0.2) is 44.4 Å². The van der Waals surface area contributed by atoms with Crippen LogP contribution in [0.4, 0.5) is 0 Å². The monoisotopic (exact) mass is 290 g/mol. The summed E-state index contributed by atoms with van der Waals surface area (Å²) in [5, 5.41) is 0. The molecule has 2 aliphatic rings. The fraction of sp³-hybridized carbons (Fsp3) is 0.667. The van der Waals surface area contributed by atoms with Gasteiger partial charge in [-0.15, -0.1) is 0 Å². The van der Waals surface area contributed by atoms with Crippen LogP contribution in [0.2, 0.25) is 0 Å². The first-order valence-corrected chi connectivity index (χ1v) is 8.58. The van der Waals surface area contributed by atoms with Gasteiger partial charge in [0, 0.05) is 18.4 Å². The van der Waals surface area contributed by atoms with Crippen LogP contribution in [0.1, 0.15) is 32.3 Å². The number of likely N-dealkylation sites (tertiary alicyclic amines) is 1. The summed E-state index contributed by atoms with van der Waals surface area (Å²) in [6.45, 7) is 10.7. The highest BCUT2D eigenvalue weighted by molar-refractivity contribution is 5.13. The molecule has 0 aromatic heterocycles. The smallest absolute Gasteiger partial charge is 0.104 e. The number of hydrogen-bond acceptors (Lipinski definition) is 1. The number of piperidine rings is 1. The van der Waals surface area contributed by atoms with Gasteiger partial charge in [0.25, 0.3) is 0 Å². The zero-order chi connectivity index (χ0) is 14.7. The van der Waals surface area contributed by atoms with Gasteiger partial charge in [0.05, 0.1) is 19.1 Å². The predicted octanol–water partition coefficient (Wildman–Crippen LogP) is -0.0740. The van der Waals surface area contributed by atoms with Gasteiger partial charge in [-0.05, 0) is 13.8 Å². The second kappa shape index (κ2) is 6.91. The lowest BCUT2D eigenvalue weighted by Gasteiger charge is -2.39. The number of nitrogens with one attached hydrogen (secondary N) is 2. The van der Waals surface area contributed by atoms with E-state index in [4.69, 9.17) is 4.74 Å². The van der Waals surface area contributed by atoms with Gasteiger partial charge in [-0.2, -0.15) is 0 Å². The molecule has 2 heterocycles. The summed E-state index contributed by atoms with van der Waals surface area (Å²) in [4.78, 5) is 3.55. The summed E-state index contributed by atoms with van der Waals surface area (Å²) in [5.41, 5.74) is 1.48. The van der Waals surface area contributed by atoms with E-state index < -0.39 is 0 Å². The summed E-state index contributed by atoms with van der Waals surface area (Å²) < 4.78 is 5.88. The van der Waals surface area contributed by atoms with Gasteiger partial charge in [-0.1, -0.05) is 30.3 Å². The van der Waals surface area contributed by atoms with Crippen molar-refractivity contribution in [3.05, 3.63) is 35.9 Å². The molecule has 0 saturated carbocycles. The summed E-state index contributed by atoms with van der Waals surface area (Å²) in [5.74, 6) is 0. The molecule has 21 heavy (non-hydrogen) atoms. The summed E-state index contributed by atoms with van der Waals surface area (Å²) in [6, 6.07) is 11.8. The Kier molecular flexibility index (Phi) is 4.94. The zero-order valence-corrected chi connectivity index (χ0v) is 13.5. The van der Waals surface area contributed by atoms with E-state index in [0.29, 0.717) is 12.2 Å². The summed E-state index contributed by atoms with van der Waals surface area (Å²) in [6.07, 6.45) is 3.60. The van der Waals surface area contributed by atoms with Gasteiger partial charge in [0.1, 0.15) is 31.8 Å². The second-order valence-corrected chi connectivity index (χ2v) is 7.01. The Morgan fingerprint density at radius 1 is 1.00 bits per heavy atom. The number of ether oxygens (including phenoxy) is 1. The molecule has 2 atom stereocenters. The molecule has 0 aliphatic carbocycles. The SMILES string of the molecule is C[C@H]1C[NH+](C2CC[NH+](Cc3ccccc3)CC2)C[C@H](C)O1. The molecule has 0 spiro atoms. The molecule has 3 nitrogen and oxygen atoms in total. The molecule has 0 amide bonds. The quantitative estimate of drug-likeness (QED) is 0.797. The van der Waals surface area contributed by atoms with E-state index in [1.807, 2.05) is 0 Å². The van der Waals surface area contributed by atoms with E-state index in [2.05, 4.69) is 44.2 Å². The largest absolute Gasteiger partial charge is 0.364 e. The maximum atomic E-state index is 5.88. The minimum absolute atomic E-state index is 0.429. The van der Waals surface area contributed by atoms with Crippen molar-refractivity contribution in [1.82, 2.24) is 0 Å². The predicted molar refractivity (Wildman–Crippen MR) is 84.6 cm³/mol. The van der Waals surface area contributed by atoms with Gasteiger partial charge in [-0.3, -0.25) is 0 Å². The zero-order valence-electron chi connectivity index (χ0n) is 13.5. The van der Waals surface area contributed by atoms with Crippen LogP contribution in [0.15, 0.2) is 30.3 Å². The van der Waals surface area contributed by atoms with Crippen LogP contribution in [0.25, 0.3) is 0 Å². The lowest BCUT2D eigenvalue weighted by atomic mass is 10.0. The number of rotatable bonds is 3. The van der Waals surface area contributed by atoms with Crippen LogP contribution in [0, 0.1) is 0 Å². The number of hydrogen-bond donors (Lipinski definition) is 2. The van der Waals surface area contributed by atoms with Crippen molar-refractivity contribution in [3.8, 4) is 0 Å². The molecule has 116 valence electrons. The molecule has 3 heteroatoms. The summed E-state index contributed by atoms with van der Waals surface area (Å²) in [7, 11) is 0. The fourth-order valence-electron chi connectivity index (χ4n) is 4.14. The first-order chi connectivity index (χ1) is 10.2. The molecule has 1 aromatic rings. The molecule has 2 fully saturated rings. The van der Waals surface area contributed by atoms with Crippen molar-refractivity contribution in [3.63, 3.8) is 0 Å². The minimum Gasteiger partial charge on any atom is -0.364 e. The van der Waals surface area contributed by atoms with E-state index in [9.17, 15) is 0 Å². The third kappa shape index (κ3) is 4.06. The van der Waals surface area contributed by atoms with Crippen molar-refractivity contribution >= 4 is 0 Å². The van der Waals surface area contributed by atoms with Crippen LogP contribution in [0.3, 0.4) is 0 Å². The topological polar surface area (TPSA) is 18.1 Å².